The molecule has 0 fully saturated rings. The molecule has 0 N–H and O–H groups in total. The van der Waals surface area contributed by atoms with Gasteiger partial charge >= 0.3 is 17.9 Å². The van der Waals surface area contributed by atoms with E-state index in [1.54, 1.807) is 0 Å². The molecule has 0 aromatic rings. The summed E-state index contributed by atoms with van der Waals surface area (Å²) in [5.74, 6) is 0.0180. The fourth-order valence-electron chi connectivity index (χ4n) is 7.12. The van der Waals surface area contributed by atoms with Crippen molar-refractivity contribution in [1.29, 1.82) is 0 Å². The van der Waals surface area contributed by atoms with Gasteiger partial charge in [0, 0.05) is 19.3 Å². The largest absolute Gasteiger partial charge is 0.462 e. The summed E-state index contributed by atoms with van der Waals surface area (Å²) < 4.78 is 16.7. The Kier molecular flexibility index (Phi) is 41.3. The van der Waals surface area contributed by atoms with Gasteiger partial charge in [0.15, 0.2) is 6.10 Å². The van der Waals surface area contributed by atoms with E-state index >= 15 is 0 Å². The molecule has 0 bridgehead atoms. The molecule has 0 saturated heterocycles. The Morgan fingerprint density at radius 2 is 0.648 bits per heavy atom. The highest BCUT2D eigenvalue weighted by Crippen LogP contribution is 2.17. The van der Waals surface area contributed by atoms with Crippen molar-refractivity contribution in [2.24, 2.45) is 5.92 Å². The summed E-state index contributed by atoms with van der Waals surface area (Å²) >= 11 is 0. The van der Waals surface area contributed by atoms with E-state index in [-0.39, 0.29) is 31.1 Å². The van der Waals surface area contributed by atoms with E-state index in [9.17, 15) is 14.4 Å². The van der Waals surface area contributed by atoms with Gasteiger partial charge in [-0.1, -0.05) is 227 Å². The van der Waals surface area contributed by atoms with Crippen LogP contribution in [0.4, 0.5) is 0 Å². The van der Waals surface area contributed by atoms with E-state index in [0.29, 0.717) is 19.3 Å². The highest BCUT2D eigenvalue weighted by molar-refractivity contribution is 5.71. The van der Waals surface area contributed by atoms with Crippen molar-refractivity contribution in [2.45, 2.75) is 271 Å². The maximum absolute atomic E-state index is 12.7. The van der Waals surface area contributed by atoms with E-state index in [2.05, 4.69) is 27.7 Å². The third-order valence-corrected chi connectivity index (χ3v) is 11.2. The smallest absolute Gasteiger partial charge is 0.306 e. The van der Waals surface area contributed by atoms with Crippen LogP contribution in [0.5, 0.6) is 0 Å². The third kappa shape index (κ3) is 40.1. The summed E-state index contributed by atoms with van der Waals surface area (Å²) in [4.78, 5) is 37.7. The van der Waals surface area contributed by atoms with E-state index < -0.39 is 6.10 Å². The molecule has 1 unspecified atom stereocenters. The van der Waals surface area contributed by atoms with Crippen molar-refractivity contribution in [3.05, 3.63) is 0 Å². The normalized spacial score (nSPS) is 12.4. The summed E-state index contributed by atoms with van der Waals surface area (Å²) in [6.07, 6.45) is 42.2. The zero-order valence-corrected chi connectivity index (χ0v) is 36.7. The maximum atomic E-state index is 12.7. The molecule has 0 aliphatic heterocycles. The van der Waals surface area contributed by atoms with Gasteiger partial charge in [-0.25, -0.2) is 0 Å². The Hall–Kier alpha value is -1.59. The van der Waals surface area contributed by atoms with Gasteiger partial charge in [-0.2, -0.15) is 0 Å². The van der Waals surface area contributed by atoms with Gasteiger partial charge in [0.1, 0.15) is 13.2 Å². The first kappa shape index (κ1) is 52.4. The number of hydrogen-bond acceptors (Lipinski definition) is 6. The fourth-order valence-corrected chi connectivity index (χ4v) is 7.12. The fraction of sp³-hybridized carbons (Fsp3) is 0.938. The Morgan fingerprint density at radius 3 is 0.963 bits per heavy atom. The summed E-state index contributed by atoms with van der Waals surface area (Å²) in [7, 11) is 0. The predicted molar refractivity (Wildman–Crippen MR) is 229 cm³/mol. The number of unbranched alkanes of at least 4 members (excludes halogenated alkanes) is 29. The molecule has 6 nitrogen and oxygen atoms in total. The topological polar surface area (TPSA) is 78.9 Å². The van der Waals surface area contributed by atoms with Crippen LogP contribution in [0.1, 0.15) is 265 Å². The average Bonchev–Trinajstić information content (AvgIpc) is 3.17. The van der Waals surface area contributed by atoms with Gasteiger partial charge in [0.25, 0.3) is 0 Å². The van der Waals surface area contributed by atoms with Crippen LogP contribution in [-0.2, 0) is 28.6 Å². The van der Waals surface area contributed by atoms with Gasteiger partial charge < -0.3 is 14.2 Å². The van der Waals surface area contributed by atoms with Gasteiger partial charge in [0.2, 0.25) is 0 Å². The van der Waals surface area contributed by atoms with Crippen molar-refractivity contribution >= 4 is 17.9 Å². The Labute approximate surface area is 336 Å². The molecule has 0 rings (SSSR count). The molecule has 0 saturated carbocycles. The molecule has 6 heteroatoms. The monoisotopic (exact) mass is 765 g/mol. The van der Waals surface area contributed by atoms with Crippen LogP contribution < -0.4 is 0 Å². The summed E-state index contributed by atoms with van der Waals surface area (Å²) in [5.41, 5.74) is 0. The van der Waals surface area contributed by atoms with Crippen molar-refractivity contribution in [2.75, 3.05) is 13.2 Å². The van der Waals surface area contributed by atoms with E-state index in [4.69, 9.17) is 14.2 Å². The molecule has 0 heterocycles. The van der Waals surface area contributed by atoms with Crippen LogP contribution in [-0.4, -0.2) is 37.2 Å². The second-order valence-corrected chi connectivity index (χ2v) is 16.6. The van der Waals surface area contributed by atoms with Crippen molar-refractivity contribution in [1.82, 2.24) is 0 Å². The van der Waals surface area contributed by atoms with Crippen LogP contribution in [0.2, 0.25) is 0 Å². The lowest BCUT2D eigenvalue weighted by Crippen LogP contribution is -2.30. The van der Waals surface area contributed by atoms with Crippen LogP contribution in [0, 0.1) is 5.92 Å². The average molecular weight is 765 g/mol. The lowest BCUT2D eigenvalue weighted by Gasteiger charge is -2.18. The number of ether oxygens (including phenoxy) is 3. The van der Waals surface area contributed by atoms with Crippen LogP contribution in [0.15, 0.2) is 0 Å². The summed E-state index contributed by atoms with van der Waals surface area (Å²) in [6.45, 7) is 9.02. The molecule has 0 aromatic heterocycles. The quantitative estimate of drug-likeness (QED) is 0.0349. The number of hydrogen-bond donors (Lipinski definition) is 0. The van der Waals surface area contributed by atoms with Crippen molar-refractivity contribution in [3.8, 4) is 0 Å². The molecule has 0 radical (unpaired) electrons. The van der Waals surface area contributed by atoms with Crippen molar-refractivity contribution in [3.63, 3.8) is 0 Å². The van der Waals surface area contributed by atoms with E-state index in [1.807, 2.05) is 0 Å². The Bertz CT molecular complexity index is 813. The highest BCUT2D eigenvalue weighted by Gasteiger charge is 2.19. The van der Waals surface area contributed by atoms with Crippen LogP contribution in [0.25, 0.3) is 0 Å². The summed E-state index contributed by atoms with van der Waals surface area (Å²) in [5, 5.41) is 0. The predicted octanol–water partition coefficient (Wildman–Crippen LogP) is 15.1. The van der Waals surface area contributed by atoms with Gasteiger partial charge in [-0.15, -0.1) is 0 Å². The zero-order valence-electron chi connectivity index (χ0n) is 36.7. The first-order valence-electron chi connectivity index (χ1n) is 23.9. The lowest BCUT2D eigenvalue weighted by atomic mass is 9.99. The van der Waals surface area contributed by atoms with Crippen LogP contribution in [0.3, 0.4) is 0 Å². The molecular weight excluding hydrogens is 673 g/mol. The van der Waals surface area contributed by atoms with Gasteiger partial charge in [-0.05, 0) is 25.2 Å². The van der Waals surface area contributed by atoms with E-state index in [1.165, 1.54) is 161 Å². The molecule has 2 atom stereocenters. The number of esters is 3. The molecule has 0 aliphatic carbocycles. The number of rotatable bonds is 43. The number of carbonyl (C=O) groups excluding carboxylic acids is 3. The molecule has 320 valence electrons. The molecule has 54 heavy (non-hydrogen) atoms. The first-order valence-corrected chi connectivity index (χ1v) is 23.9. The first-order chi connectivity index (χ1) is 26.4. The molecule has 0 aromatic carbocycles. The lowest BCUT2D eigenvalue weighted by molar-refractivity contribution is -0.167. The van der Waals surface area contributed by atoms with Gasteiger partial charge in [-0.3, -0.25) is 14.4 Å². The Morgan fingerprint density at radius 1 is 0.370 bits per heavy atom. The number of carbonyl (C=O) groups is 3. The molecule has 0 spiro atoms. The zero-order chi connectivity index (χ0) is 39.6. The molecule has 0 aliphatic rings. The van der Waals surface area contributed by atoms with Crippen LogP contribution >= 0.6 is 0 Å². The van der Waals surface area contributed by atoms with E-state index in [0.717, 1.165) is 63.7 Å². The molecule has 0 amide bonds. The van der Waals surface area contributed by atoms with Crippen molar-refractivity contribution < 1.29 is 28.6 Å². The minimum atomic E-state index is -0.759. The standard InChI is InChI=1S/C48H92O6/c1-5-8-10-12-14-16-18-23-27-31-35-39-46(49)52-42-45(54-48(51)41-37-33-29-25-19-17-15-13-11-9-6-2)43-53-47(50)40-36-32-28-24-21-20-22-26-30-34-38-44(4)7-3/h44-45H,5-43H2,1-4H3/t44?,45-/m0/s1. The van der Waals surface area contributed by atoms with Gasteiger partial charge in [0.05, 0.1) is 0 Å². The molecular formula is C48H92O6. The Balaban J connectivity index is 4.32. The second-order valence-electron chi connectivity index (χ2n) is 16.6. The third-order valence-electron chi connectivity index (χ3n) is 11.2. The second kappa shape index (κ2) is 42.6. The summed E-state index contributed by atoms with van der Waals surface area (Å²) in [6, 6.07) is 0. The highest BCUT2D eigenvalue weighted by atomic mass is 16.6. The SMILES string of the molecule is CCCCCCCCCCCCCC(=O)OC[C@@H](COC(=O)CCCCCCCCCCCCC(C)CC)OC(=O)CCCCCCCCCCCCC. The maximum Gasteiger partial charge on any atom is 0.306 e. The minimum Gasteiger partial charge on any atom is -0.462 e. The minimum absolute atomic E-state index is 0.0635.